The number of benzene rings is 3. The summed E-state index contributed by atoms with van der Waals surface area (Å²) in [7, 11) is 0. The number of nitrogens with zero attached hydrogens (tertiary/aromatic N) is 3. The minimum atomic E-state index is -0.823. The maximum atomic E-state index is 12.6. The lowest BCUT2D eigenvalue weighted by molar-refractivity contribution is -0.394. The zero-order valence-corrected chi connectivity index (χ0v) is 14.8. The van der Waals surface area contributed by atoms with Crippen LogP contribution < -0.4 is 4.74 Å². The van der Waals surface area contributed by atoms with Crippen LogP contribution in [-0.4, -0.2) is 20.4 Å². The van der Waals surface area contributed by atoms with Gasteiger partial charge in [-0.05, 0) is 18.2 Å². The molecule has 0 bridgehead atoms. The van der Waals surface area contributed by atoms with E-state index in [0.717, 1.165) is 40.0 Å². The summed E-state index contributed by atoms with van der Waals surface area (Å²) in [6.07, 6.45) is 0. The fourth-order valence-electron chi connectivity index (χ4n) is 3.31. The first-order chi connectivity index (χ1) is 14.0. The second-order valence-electron chi connectivity index (χ2n) is 6.26. The van der Waals surface area contributed by atoms with Crippen molar-refractivity contribution >= 4 is 39.1 Å². The number of non-ortho nitro benzene ring substituents is 1. The molecule has 144 valence electrons. The van der Waals surface area contributed by atoms with Crippen molar-refractivity contribution in [2.75, 3.05) is 0 Å². The van der Waals surface area contributed by atoms with Crippen LogP contribution >= 0.6 is 0 Å². The minimum absolute atomic E-state index is 0.178. The largest absolute Gasteiger partial charge is 0.418 e. The highest BCUT2D eigenvalue weighted by Crippen LogP contribution is 2.32. The van der Waals surface area contributed by atoms with Crippen LogP contribution in [0.15, 0.2) is 66.7 Å². The number of aromatic nitrogens is 1. The van der Waals surface area contributed by atoms with Gasteiger partial charge >= 0.3 is 11.7 Å². The van der Waals surface area contributed by atoms with Crippen LogP contribution in [0.25, 0.3) is 21.8 Å². The smallest absolute Gasteiger partial charge is 0.331 e. The van der Waals surface area contributed by atoms with Crippen LogP contribution in [0, 0.1) is 20.2 Å². The first kappa shape index (κ1) is 18.1. The molecule has 0 aliphatic rings. The highest BCUT2D eigenvalue weighted by Gasteiger charge is 2.23. The van der Waals surface area contributed by atoms with Gasteiger partial charge in [-0.25, -0.2) is 4.79 Å². The molecular formula is C20H13N3O6. The van der Waals surface area contributed by atoms with Gasteiger partial charge in [0.1, 0.15) is 6.54 Å². The molecule has 29 heavy (non-hydrogen) atoms. The van der Waals surface area contributed by atoms with Gasteiger partial charge < -0.3 is 9.30 Å². The van der Waals surface area contributed by atoms with Crippen molar-refractivity contribution in [2.24, 2.45) is 0 Å². The second-order valence-corrected chi connectivity index (χ2v) is 6.26. The number of carbonyl (C=O) groups excluding carboxylic acids is 1. The Labute approximate surface area is 163 Å². The van der Waals surface area contributed by atoms with Gasteiger partial charge in [-0.1, -0.05) is 36.4 Å². The number of nitro benzene ring substituents is 2. The molecule has 0 spiro atoms. The lowest BCUT2D eigenvalue weighted by Crippen LogP contribution is -2.16. The van der Waals surface area contributed by atoms with Crippen LogP contribution in [0.2, 0.25) is 0 Å². The molecule has 0 fully saturated rings. The first-order valence-electron chi connectivity index (χ1n) is 8.55. The van der Waals surface area contributed by atoms with Gasteiger partial charge in [0.25, 0.3) is 5.69 Å². The third-order valence-corrected chi connectivity index (χ3v) is 4.54. The molecule has 0 unspecified atom stereocenters. The summed E-state index contributed by atoms with van der Waals surface area (Å²) in [5.74, 6) is -1.07. The number of hydrogen-bond acceptors (Lipinski definition) is 6. The average molecular weight is 391 g/mol. The van der Waals surface area contributed by atoms with Crippen LogP contribution in [-0.2, 0) is 11.3 Å². The van der Waals surface area contributed by atoms with Gasteiger partial charge in [0.2, 0.25) is 5.75 Å². The lowest BCUT2D eigenvalue weighted by Gasteiger charge is -2.08. The van der Waals surface area contributed by atoms with E-state index in [-0.39, 0.29) is 12.3 Å². The normalized spacial score (nSPS) is 10.9. The van der Waals surface area contributed by atoms with E-state index in [9.17, 15) is 25.0 Å². The Morgan fingerprint density at radius 3 is 2.00 bits per heavy atom. The van der Waals surface area contributed by atoms with Crippen molar-refractivity contribution in [1.82, 2.24) is 4.57 Å². The Morgan fingerprint density at radius 1 is 0.862 bits per heavy atom. The van der Waals surface area contributed by atoms with E-state index < -0.39 is 27.2 Å². The fraction of sp³-hybridized carbons (Fsp3) is 0.0500. The number of para-hydroxylation sites is 2. The van der Waals surface area contributed by atoms with Crippen LogP contribution in [0.3, 0.4) is 0 Å². The highest BCUT2D eigenvalue weighted by atomic mass is 16.6. The second kappa shape index (κ2) is 7.04. The number of nitro groups is 2. The van der Waals surface area contributed by atoms with Gasteiger partial charge in [0.05, 0.1) is 15.9 Å². The van der Waals surface area contributed by atoms with Crippen molar-refractivity contribution in [3.05, 3.63) is 87.0 Å². The Bertz CT molecular complexity index is 1240. The molecule has 0 N–H and O–H groups in total. The number of carbonyl (C=O) groups is 1. The Balaban J connectivity index is 1.69. The predicted octanol–water partition coefficient (Wildman–Crippen LogP) is 4.22. The maximum Gasteiger partial charge on any atom is 0.331 e. The van der Waals surface area contributed by atoms with Gasteiger partial charge in [0.15, 0.2) is 0 Å². The Hall–Kier alpha value is -4.27. The van der Waals surface area contributed by atoms with Gasteiger partial charge in [-0.15, -0.1) is 0 Å². The fourth-order valence-corrected chi connectivity index (χ4v) is 3.31. The van der Waals surface area contributed by atoms with Crippen molar-refractivity contribution in [3.63, 3.8) is 0 Å². The number of rotatable bonds is 5. The van der Waals surface area contributed by atoms with Crippen molar-refractivity contribution < 1.29 is 19.4 Å². The van der Waals surface area contributed by atoms with E-state index in [4.69, 9.17) is 4.74 Å². The summed E-state index contributed by atoms with van der Waals surface area (Å²) >= 11 is 0. The van der Waals surface area contributed by atoms with Crippen molar-refractivity contribution in [1.29, 1.82) is 0 Å². The molecule has 9 heteroatoms. The van der Waals surface area contributed by atoms with Gasteiger partial charge in [-0.3, -0.25) is 20.2 Å². The monoisotopic (exact) mass is 391 g/mol. The predicted molar refractivity (Wildman–Crippen MR) is 105 cm³/mol. The summed E-state index contributed by atoms with van der Waals surface area (Å²) in [5.41, 5.74) is 0.543. The maximum absolute atomic E-state index is 12.6. The molecule has 1 heterocycles. The number of hydrogen-bond donors (Lipinski definition) is 0. The molecule has 4 aromatic rings. The minimum Gasteiger partial charge on any atom is -0.418 e. The molecule has 0 atom stereocenters. The third kappa shape index (κ3) is 3.25. The molecule has 4 rings (SSSR count). The zero-order chi connectivity index (χ0) is 20.5. The summed E-state index contributed by atoms with van der Waals surface area (Å²) < 4.78 is 6.96. The summed E-state index contributed by atoms with van der Waals surface area (Å²) in [6.45, 7) is -0.178. The molecular weight excluding hydrogens is 378 g/mol. The van der Waals surface area contributed by atoms with Crippen LogP contribution in [0.1, 0.15) is 0 Å². The summed E-state index contributed by atoms with van der Waals surface area (Å²) in [5, 5.41) is 24.0. The van der Waals surface area contributed by atoms with E-state index in [1.54, 1.807) is 4.57 Å². The molecule has 0 amide bonds. The van der Waals surface area contributed by atoms with Crippen molar-refractivity contribution in [2.45, 2.75) is 6.54 Å². The average Bonchev–Trinajstić information content (AvgIpc) is 3.02. The SMILES string of the molecule is O=C(Cn1c2ccccc2c2ccccc21)Oc1ccc([N+](=O)[O-])cc1[N+](=O)[O-]. The molecule has 9 nitrogen and oxygen atoms in total. The van der Waals surface area contributed by atoms with Crippen molar-refractivity contribution in [3.8, 4) is 5.75 Å². The first-order valence-corrected chi connectivity index (χ1v) is 8.55. The third-order valence-electron chi connectivity index (χ3n) is 4.54. The quantitative estimate of drug-likeness (QED) is 0.218. The number of fused-ring (bicyclic) bond motifs is 3. The molecule has 3 aromatic carbocycles. The molecule has 0 radical (unpaired) electrons. The Kier molecular flexibility index (Phi) is 4.40. The van der Waals surface area contributed by atoms with E-state index in [2.05, 4.69) is 0 Å². The van der Waals surface area contributed by atoms with Crippen LogP contribution in [0.4, 0.5) is 11.4 Å². The zero-order valence-electron chi connectivity index (χ0n) is 14.8. The number of esters is 1. The molecule has 0 aliphatic carbocycles. The standard InChI is InChI=1S/C20H13N3O6/c24-20(29-19-10-9-13(22(25)26)11-18(19)23(27)28)12-21-16-7-3-1-5-14(16)15-6-2-4-8-17(15)21/h1-11H,12H2. The number of ether oxygens (including phenoxy) is 1. The van der Waals surface area contributed by atoms with Crippen LogP contribution in [0.5, 0.6) is 5.75 Å². The van der Waals surface area contributed by atoms with Gasteiger partial charge in [-0.2, -0.15) is 0 Å². The lowest BCUT2D eigenvalue weighted by atomic mass is 10.2. The summed E-state index contributed by atoms with van der Waals surface area (Å²) in [6, 6.07) is 18.0. The highest BCUT2D eigenvalue weighted by molar-refractivity contribution is 6.08. The molecule has 0 saturated carbocycles. The van der Waals surface area contributed by atoms with E-state index in [1.807, 2.05) is 48.5 Å². The molecule has 0 saturated heterocycles. The molecule has 1 aromatic heterocycles. The van der Waals surface area contributed by atoms with E-state index in [0.29, 0.717) is 0 Å². The molecule has 0 aliphatic heterocycles. The summed E-state index contributed by atoms with van der Waals surface area (Å²) in [4.78, 5) is 33.1. The van der Waals surface area contributed by atoms with Gasteiger partial charge in [0, 0.05) is 27.9 Å². The topological polar surface area (TPSA) is 118 Å². The van der Waals surface area contributed by atoms with E-state index in [1.165, 1.54) is 0 Å². The Morgan fingerprint density at radius 2 is 1.45 bits per heavy atom. The van der Waals surface area contributed by atoms with E-state index >= 15 is 0 Å².